The third-order valence-corrected chi connectivity index (χ3v) is 6.68. The van der Waals surface area contributed by atoms with Crippen LogP contribution in [0.25, 0.3) is 6.08 Å². The first-order chi connectivity index (χ1) is 17.1. The highest BCUT2D eigenvalue weighted by Gasteiger charge is 2.24. The van der Waals surface area contributed by atoms with Crippen molar-refractivity contribution in [3.63, 3.8) is 0 Å². The first-order valence-corrected chi connectivity index (χ1v) is 12.4. The van der Waals surface area contributed by atoms with Crippen LogP contribution in [0.15, 0.2) is 36.2 Å². The highest BCUT2D eigenvalue weighted by molar-refractivity contribution is 5.91. The summed E-state index contributed by atoms with van der Waals surface area (Å²) in [6.45, 7) is 4.76. The fourth-order valence-electron chi connectivity index (χ4n) is 4.60. The summed E-state index contributed by atoms with van der Waals surface area (Å²) in [6, 6.07) is 6.07. The Hall–Kier alpha value is -3.46. The van der Waals surface area contributed by atoms with Crippen LogP contribution in [0, 0.1) is 12.8 Å². The number of aromatic nitrogens is 6. The van der Waals surface area contributed by atoms with E-state index in [9.17, 15) is 4.79 Å². The maximum Gasteiger partial charge on any atom is 0.273 e. The predicted molar refractivity (Wildman–Crippen MR) is 130 cm³/mol. The standard InChI is InChI=1S/C26H31N7O2/c1-18-5-6-19(15-27-18)16-28-26(34)25-17-33(32-31-25)9-3-2-4-23-13-22-12-21(14-24(22)30-29-23)20-7-10-35-11-8-20/h5-6,12-13,15,17,20H,2-4,7-11,14,16H2,1H3,(H,28,34). The summed E-state index contributed by atoms with van der Waals surface area (Å²) in [5.41, 5.74) is 7.05. The van der Waals surface area contributed by atoms with Gasteiger partial charge in [-0.15, -0.1) is 5.10 Å². The molecule has 1 aliphatic carbocycles. The van der Waals surface area contributed by atoms with Crippen molar-refractivity contribution in [2.75, 3.05) is 13.2 Å². The van der Waals surface area contributed by atoms with E-state index in [4.69, 9.17) is 4.74 Å². The lowest BCUT2D eigenvalue weighted by Crippen LogP contribution is -2.23. The topological polar surface area (TPSA) is 108 Å². The third-order valence-electron chi connectivity index (χ3n) is 6.68. The van der Waals surface area contributed by atoms with Crippen LogP contribution in [-0.2, 0) is 30.7 Å². The Kier molecular flexibility index (Phi) is 7.23. The molecular formula is C26H31N7O2. The Morgan fingerprint density at radius 2 is 2.06 bits per heavy atom. The van der Waals surface area contributed by atoms with E-state index in [1.165, 1.54) is 11.1 Å². The molecule has 2 aliphatic rings. The number of pyridine rings is 1. The van der Waals surface area contributed by atoms with Gasteiger partial charge < -0.3 is 10.1 Å². The number of rotatable bonds is 9. The summed E-state index contributed by atoms with van der Waals surface area (Å²) in [4.78, 5) is 16.6. The molecule has 1 saturated heterocycles. The smallest absolute Gasteiger partial charge is 0.273 e. The average molecular weight is 474 g/mol. The molecule has 0 spiro atoms. The first-order valence-electron chi connectivity index (χ1n) is 12.4. The largest absolute Gasteiger partial charge is 0.381 e. The summed E-state index contributed by atoms with van der Waals surface area (Å²) in [6.07, 6.45) is 11.7. The van der Waals surface area contributed by atoms with Gasteiger partial charge in [-0.05, 0) is 68.2 Å². The van der Waals surface area contributed by atoms with Crippen LogP contribution < -0.4 is 5.32 Å². The van der Waals surface area contributed by atoms with Gasteiger partial charge in [0.05, 0.1) is 17.6 Å². The second-order valence-corrected chi connectivity index (χ2v) is 9.33. The maximum absolute atomic E-state index is 12.4. The van der Waals surface area contributed by atoms with Crippen molar-refractivity contribution in [1.29, 1.82) is 0 Å². The highest BCUT2D eigenvalue weighted by Crippen LogP contribution is 2.33. The number of carbonyl (C=O) groups excluding carboxylic acids is 1. The van der Waals surface area contributed by atoms with Crippen LogP contribution in [0.3, 0.4) is 0 Å². The summed E-state index contributed by atoms with van der Waals surface area (Å²) in [7, 11) is 0. The molecular weight excluding hydrogens is 442 g/mol. The van der Waals surface area contributed by atoms with Gasteiger partial charge in [-0.1, -0.05) is 22.9 Å². The van der Waals surface area contributed by atoms with Gasteiger partial charge in [0.2, 0.25) is 0 Å². The van der Waals surface area contributed by atoms with Gasteiger partial charge in [0.25, 0.3) is 5.91 Å². The fraction of sp³-hybridized carbons (Fsp3) is 0.462. The third kappa shape index (κ3) is 5.97. The average Bonchev–Trinajstić information content (AvgIpc) is 3.54. The van der Waals surface area contributed by atoms with Gasteiger partial charge in [-0.25, -0.2) is 0 Å². The molecule has 4 heterocycles. The molecule has 0 saturated carbocycles. The van der Waals surface area contributed by atoms with Crippen LogP contribution in [0.4, 0.5) is 0 Å². The molecule has 0 radical (unpaired) electrons. The van der Waals surface area contributed by atoms with E-state index in [2.05, 4.69) is 43.0 Å². The van der Waals surface area contributed by atoms with Gasteiger partial charge in [-0.3, -0.25) is 14.5 Å². The molecule has 0 unspecified atom stereocenters. The van der Waals surface area contributed by atoms with Crippen LogP contribution >= 0.6 is 0 Å². The van der Waals surface area contributed by atoms with Crippen molar-refractivity contribution < 1.29 is 9.53 Å². The van der Waals surface area contributed by atoms with Gasteiger partial charge in [0.1, 0.15) is 0 Å². The molecule has 9 nitrogen and oxygen atoms in total. The lowest BCUT2D eigenvalue weighted by Gasteiger charge is -2.22. The van der Waals surface area contributed by atoms with E-state index in [1.54, 1.807) is 17.1 Å². The number of unbranched alkanes of at least 4 members (excludes halogenated alkanes) is 1. The highest BCUT2D eigenvalue weighted by atomic mass is 16.5. The number of ether oxygens (including phenoxy) is 1. The lowest BCUT2D eigenvalue weighted by atomic mass is 9.91. The summed E-state index contributed by atoms with van der Waals surface area (Å²) >= 11 is 0. The molecule has 35 heavy (non-hydrogen) atoms. The molecule has 0 aromatic carbocycles. The monoisotopic (exact) mass is 473 g/mol. The second-order valence-electron chi connectivity index (χ2n) is 9.33. The number of hydrogen-bond acceptors (Lipinski definition) is 7. The van der Waals surface area contributed by atoms with Crippen molar-refractivity contribution in [1.82, 2.24) is 35.5 Å². The van der Waals surface area contributed by atoms with Gasteiger partial charge >= 0.3 is 0 Å². The summed E-state index contributed by atoms with van der Waals surface area (Å²) in [5, 5.41) is 19.9. The van der Waals surface area contributed by atoms with Crippen molar-refractivity contribution >= 4 is 12.0 Å². The number of fused-ring (bicyclic) bond motifs is 1. The minimum Gasteiger partial charge on any atom is -0.381 e. The number of carbonyl (C=O) groups is 1. The number of hydrogen-bond donors (Lipinski definition) is 1. The molecule has 0 atom stereocenters. The second kappa shape index (κ2) is 10.9. The Morgan fingerprint density at radius 3 is 2.89 bits per heavy atom. The number of allylic oxidation sites excluding steroid dienone is 1. The Labute approximate surface area is 205 Å². The van der Waals surface area contributed by atoms with Crippen molar-refractivity contribution in [3.05, 3.63) is 70.1 Å². The SMILES string of the molecule is Cc1ccc(CNC(=O)c2cn(CCCCc3cc4c(nn3)CC(C3CCOCC3)=C4)nn2)cn1. The quantitative estimate of drug-likeness (QED) is 0.476. The normalized spacial score (nSPS) is 15.6. The molecule has 1 aliphatic heterocycles. The molecule has 3 aromatic rings. The molecule has 5 rings (SSSR count). The molecule has 1 N–H and O–H groups in total. The van der Waals surface area contributed by atoms with Crippen LogP contribution in [0.5, 0.6) is 0 Å². The van der Waals surface area contributed by atoms with E-state index >= 15 is 0 Å². The van der Waals surface area contributed by atoms with Crippen LogP contribution in [-0.4, -0.2) is 49.3 Å². The lowest BCUT2D eigenvalue weighted by molar-refractivity contribution is 0.0756. The number of amides is 1. The van der Waals surface area contributed by atoms with E-state index < -0.39 is 0 Å². The molecule has 3 aromatic heterocycles. The Bertz CT molecular complexity index is 1200. The van der Waals surface area contributed by atoms with E-state index in [0.29, 0.717) is 24.7 Å². The molecule has 1 fully saturated rings. The Morgan fingerprint density at radius 1 is 1.17 bits per heavy atom. The predicted octanol–water partition coefficient (Wildman–Crippen LogP) is 3.09. The number of aryl methyl sites for hydroxylation is 3. The van der Waals surface area contributed by atoms with E-state index in [-0.39, 0.29) is 5.91 Å². The summed E-state index contributed by atoms with van der Waals surface area (Å²) < 4.78 is 7.22. The minimum atomic E-state index is -0.238. The van der Waals surface area contributed by atoms with Crippen LogP contribution in [0.2, 0.25) is 0 Å². The van der Waals surface area contributed by atoms with E-state index in [0.717, 1.165) is 74.4 Å². The number of nitrogens with one attached hydrogen (secondary N) is 1. The zero-order chi connectivity index (χ0) is 24.0. The zero-order valence-corrected chi connectivity index (χ0v) is 20.1. The number of nitrogens with zero attached hydrogens (tertiary/aromatic N) is 6. The molecule has 9 heteroatoms. The minimum absolute atomic E-state index is 0.238. The van der Waals surface area contributed by atoms with Crippen LogP contribution in [0.1, 0.15) is 64.4 Å². The van der Waals surface area contributed by atoms with Crippen molar-refractivity contribution in [2.24, 2.45) is 5.92 Å². The summed E-state index contributed by atoms with van der Waals surface area (Å²) in [5.74, 6) is 0.383. The van der Waals surface area contributed by atoms with Crippen molar-refractivity contribution in [3.8, 4) is 0 Å². The fourth-order valence-corrected chi connectivity index (χ4v) is 4.60. The van der Waals surface area contributed by atoms with Gasteiger partial charge in [0.15, 0.2) is 5.69 Å². The molecule has 182 valence electrons. The Balaban J connectivity index is 1.06. The zero-order valence-electron chi connectivity index (χ0n) is 20.1. The van der Waals surface area contributed by atoms with Gasteiger partial charge in [-0.2, -0.15) is 10.2 Å². The van der Waals surface area contributed by atoms with E-state index in [1.807, 2.05) is 19.1 Å². The first kappa shape index (κ1) is 23.3. The molecule has 1 amide bonds. The molecule has 0 bridgehead atoms. The van der Waals surface area contributed by atoms with Crippen molar-refractivity contribution in [2.45, 2.75) is 58.5 Å². The maximum atomic E-state index is 12.4. The van der Waals surface area contributed by atoms with Gasteiger partial charge in [0, 0.05) is 44.6 Å².